The zero-order valence-electron chi connectivity index (χ0n) is 15.6. The summed E-state index contributed by atoms with van der Waals surface area (Å²) >= 11 is 0. The summed E-state index contributed by atoms with van der Waals surface area (Å²) in [4.78, 5) is 22.8. The van der Waals surface area contributed by atoms with Crippen LogP contribution in [-0.2, 0) is 6.42 Å². The van der Waals surface area contributed by atoms with Crippen molar-refractivity contribution in [3.05, 3.63) is 71.8 Å². The van der Waals surface area contributed by atoms with Crippen LogP contribution in [0.15, 0.2) is 54.9 Å². The quantitative estimate of drug-likeness (QED) is 0.728. The number of rotatable bonds is 2. The standard InChI is InChI=1S/C22H19FN4O2/c23-17-6-15(18-9-25-10-20(24)26-18)5-16(7-17)21(28)27-11-22(12-27)8-14-3-1-2-4-19(14)29-13-22/h1-7,9-10H,8,11-13H2,(H2,24,26). The van der Waals surface area contributed by atoms with Crippen LogP contribution >= 0.6 is 0 Å². The van der Waals surface area contributed by atoms with Crippen molar-refractivity contribution in [1.29, 1.82) is 0 Å². The van der Waals surface area contributed by atoms with Gasteiger partial charge in [0.15, 0.2) is 0 Å². The second-order valence-corrected chi connectivity index (χ2v) is 7.79. The Balaban J connectivity index is 1.35. The van der Waals surface area contributed by atoms with Gasteiger partial charge in [0.2, 0.25) is 0 Å². The Kier molecular flexibility index (Phi) is 3.97. The molecule has 1 fully saturated rings. The molecule has 1 aromatic heterocycles. The predicted octanol–water partition coefficient (Wildman–Crippen LogP) is 2.94. The van der Waals surface area contributed by atoms with Crippen molar-refractivity contribution in [2.75, 3.05) is 25.4 Å². The molecule has 0 unspecified atom stereocenters. The minimum absolute atomic E-state index is 0.0699. The summed E-state index contributed by atoms with van der Waals surface area (Å²) in [7, 11) is 0. The molecule has 3 aromatic rings. The van der Waals surface area contributed by atoms with Gasteiger partial charge in [0.1, 0.15) is 17.4 Å². The number of likely N-dealkylation sites (tertiary alicyclic amines) is 1. The van der Waals surface area contributed by atoms with Crippen LogP contribution in [0.5, 0.6) is 5.75 Å². The molecule has 7 heteroatoms. The van der Waals surface area contributed by atoms with E-state index >= 15 is 0 Å². The number of fused-ring (bicyclic) bond motifs is 1. The summed E-state index contributed by atoms with van der Waals surface area (Å²) in [6.07, 6.45) is 3.79. The van der Waals surface area contributed by atoms with Gasteiger partial charge in [0, 0.05) is 29.6 Å². The first-order valence-corrected chi connectivity index (χ1v) is 9.40. The van der Waals surface area contributed by atoms with Crippen molar-refractivity contribution in [2.45, 2.75) is 6.42 Å². The van der Waals surface area contributed by atoms with Crippen LogP contribution in [0.1, 0.15) is 15.9 Å². The summed E-state index contributed by atoms with van der Waals surface area (Å²) in [5, 5.41) is 0. The van der Waals surface area contributed by atoms with E-state index in [4.69, 9.17) is 10.5 Å². The largest absolute Gasteiger partial charge is 0.493 e. The highest BCUT2D eigenvalue weighted by atomic mass is 19.1. The van der Waals surface area contributed by atoms with Crippen LogP contribution in [-0.4, -0.2) is 40.5 Å². The minimum atomic E-state index is -0.500. The van der Waals surface area contributed by atoms with E-state index in [1.54, 1.807) is 11.0 Å². The van der Waals surface area contributed by atoms with E-state index in [1.807, 2.05) is 18.2 Å². The van der Waals surface area contributed by atoms with Gasteiger partial charge in [-0.2, -0.15) is 0 Å². The van der Waals surface area contributed by atoms with E-state index in [9.17, 15) is 9.18 Å². The molecule has 2 aromatic carbocycles. The molecule has 0 bridgehead atoms. The predicted molar refractivity (Wildman–Crippen MR) is 106 cm³/mol. The second kappa shape index (κ2) is 6.55. The van der Waals surface area contributed by atoms with Gasteiger partial charge in [0.05, 0.1) is 24.7 Å². The Morgan fingerprint density at radius 2 is 2.00 bits per heavy atom. The van der Waals surface area contributed by atoms with E-state index in [0.29, 0.717) is 31.0 Å². The molecule has 146 valence electrons. The lowest BCUT2D eigenvalue weighted by molar-refractivity contribution is -0.0291. The second-order valence-electron chi connectivity index (χ2n) is 7.79. The number of ether oxygens (including phenoxy) is 1. The Morgan fingerprint density at radius 3 is 2.83 bits per heavy atom. The van der Waals surface area contributed by atoms with Crippen molar-refractivity contribution < 1.29 is 13.9 Å². The van der Waals surface area contributed by atoms with Crippen molar-refractivity contribution in [2.24, 2.45) is 5.41 Å². The number of halogens is 1. The number of nitrogens with two attached hydrogens (primary N) is 1. The Bertz CT molecular complexity index is 1110. The molecule has 2 N–H and O–H groups in total. The lowest BCUT2D eigenvalue weighted by atomic mass is 9.73. The molecule has 1 spiro atoms. The van der Waals surface area contributed by atoms with E-state index < -0.39 is 5.82 Å². The van der Waals surface area contributed by atoms with Crippen LogP contribution in [0.4, 0.5) is 10.2 Å². The fourth-order valence-electron chi connectivity index (χ4n) is 4.15. The number of hydrogen-bond acceptors (Lipinski definition) is 5. The van der Waals surface area contributed by atoms with Gasteiger partial charge < -0.3 is 15.4 Å². The number of carbonyl (C=O) groups is 1. The molecule has 1 amide bonds. The molecule has 0 aliphatic carbocycles. The number of benzene rings is 2. The first-order valence-electron chi connectivity index (χ1n) is 9.40. The topological polar surface area (TPSA) is 81.3 Å². The summed E-state index contributed by atoms with van der Waals surface area (Å²) < 4.78 is 20.1. The highest BCUT2D eigenvalue weighted by molar-refractivity contribution is 5.96. The number of carbonyl (C=O) groups excluding carboxylic acids is 1. The highest BCUT2D eigenvalue weighted by Crippen LogP contribution is 2.41. The van der Waals surface area contributed by atoms with Crippen LogP contribution in [0.3, 0.4) is 0 Å². The number of para-hydroxylation sites is 1. The van der Waals surface area contributed by atoms with Gasteiger partial charge in [-0.05, 0) is 36.2 Å². The third-order valence-electron chi connectivity index (χ3n) is 5.51. The van der Waals surface area contributed by atoms with Crippen molar-refractivity contribution in [1.82, 2.24) is 14.9 Å². The minimum Gasteiger partial charge on any atom is -0.493 e. The Labute approximate surface area is 167 Å². The SMILES string of the molecule is Nc1cncc(-c2cc(F)cc(C(=O)N3CC4(COc5ccccc5C4)C3)c2)n1. The van der Waals surface area contributed by atoms with E-state index in [2.05, 4.69) is 16.0 Å². The van der Waals surface area contributed by atoms with Crippen molar-refractivity contribution >= 4 is 11.7 Å². The Morgan fingerprint density at radius 1 is 1.17 bits per heavy atom. The van der Waals surface area contributed by atoms with Crippen LogP contribution < -0.4 is 10.5 Å². The molecule has 2 aliphatic rings. The molecule has 0 saturated carbocycles. The van der Waals surface area contributed by atoms with Gasteiger partial charge in [-0.15, -0.1) is 0 Å². The molecule has 0 radical (unpaired) electrons. The fraction of sp³-hybridized carbons (Fsp3) is 0.227. The molecular weight excluding hydrogens is 371 g/mol. The van der Waals surface area contributed by atoms with Crippen molar-refractivity contribution in [3.8, 4) is 17.0 Å². The van der Waals surface area contributed by atoms with E-state index in [1.165, 1.54) is 30.1 Å². The molecule has 29 heavy (non-hydrogen) atoms. The normalized spacial score (nSPS) is 16.7. The maximum Gasteiger partial charge on any atom is 0.254 e. The van der Waals surface area contributed by atoms with Crippen LogP contribution in [0.25, 0.3) is 11.3 Å². The number of amides is 1. The molecule has 0 atom stereocenters. The van der Waals surface area contributed by atoms with Crippen molar-refractivity contribution in [3.63, 3.8) is 0 Å². The lowest BCUT2D eigenvalue weighted by Gasteiger charge is -2.51. The number of nitrogens with zero attached hydrogens (tertiary/aromatic N) is 3. The van der Waals surface area contributed by atoms with Crippen LogP contribution in [0, 0.1) is 11.2 Å². The van der Waals surface area contributed by atoms with Gasteiger partial charge in [-0.3, -0.25) is 9.78 Å². The van der Waals surface area contributed by atoms with Crippen LogP contribution in [0.2, 0.25) is 0 Å². The van der Waals surface area contributed by atoms with Gasteiger partial charge in [-0.1, -0.05) is 18.2 Å². The summed E-state index contributed by atoms with van der Waals surface area (Å²) in [5.74, 6) is 0.454. The number of anilines is 1. The molecule has 3 heterocycles. The zero-order valence-corrected chi connectivity index (χ0v) is 15.6. The molecule has 6 nitrogen and oxygen atoms in total. The maximum absolute atomic E-state index is 14.2. The summed E-state index contributed by atoms with van der Waals surface area (Å²) in [6, 6.07) is 12.2. The third-order valence-corrected chi connectivity index (χ3v) is 5.51. The first kappa shape index (κ1) is 17.6. The van der Waals surface area contributed by atoms with Gasteiger partial charge >= 0.3 is 0 Å². The molecule has 5 rings (SSSR count). The Hall–Kier alpha value is -3.48. The third kappa shape index (κ3) is 3.18. The molecular formula is C22H19FN4O2. The summed E-state index contributed by atoms with van der Waals surface area (Å²) in [6.45, 7) is 1.76. The number of hydrogen-bond donors (Lipinski definition) is 1. The highest BCUT2D eigenvalue weighted by Gasteiger charge is 2.48. The fourth-order valence-corrected chi connectivity index (χ4v) is 4.15. The average Bonchev–Trinajstić information content (AvgIpc) is 2.70. The average molecular weight is 390 g/mol. The van der Waals surface area contributed by atoms with E-state index in [0.717, 1.165) is 12.2 Å². The van der Waals surface area contributed by atoms with Gasteiger partial charge in [0.25, 0.3) is 5.91 Å². The first-order chi connectivity index (χ1) is 14.0. The van der Waals surface area contributed by atoms with Gasteiger partial charge in [-0.25, -0.2) is 9.37 Å². The molecule has 1 saturated heterocycles. The number of nitrogen functional groups attached to an aromatic ring is 1. The smallest absolute Gasteiger partial charge is 0.254 e. The van der Waals surface area contributed by atoms with E-state index in [-0.39, 0.29) is 22.7 Å². The molecule has 2 aliphatic heterocycles. The number of aromatic nitrogens is 2. The monoisotopic (exact) mass is 390 g/mol. The summed E-state index contributed by atoms with van der Waals surface area (Å²) in [5.41, 5.74) is 7.95. The maximum atomic E-state index is 14.2. The lowest BCUT2D eigenvalue weighted by Crippen LogP contribution is -2.62. The zero-order chi connectivity index (χ0) is 20.0.